The fourth-order valence-electron chi connectivity index (χ4n) is 1.31. The van der Waals surface area contributed by atoms with Gasteiger partial charge in [-0.25, -0.2) is 0 Å². The Kier molecular flexibility index (Phi) is 5.11. The Morgan fingerprint density at radius 1 is 1.59 bits per heavy atom. The Hall–Kier alpha value is -1.93. The number of amides is 1. The molecule has 17 heavy (non-hydrogen) atoms. The lowest BCUT2D eigenvalue weighted by Gasteiger charge is -2.09. The summed E-state index contributed by atoms with van der Waals surface area (Å²) in [6, 6.07) is 5.04. The van der Waals surface area contributed by atoms with E-state index in [1.165, 1.54) is 12.3 Å². The summed E-state index contributed by atoms with van der Waals surface area (Å²) in [4.78, 5) is 17.6. The van der Waals surface area contributed by atoms with Gasteiger partial charge in [0.15, 0.2) is 0 Å². The molecular formula is C12H16N4O. The van der Waals surface area contributed by atoms with Gasteiger partial charge in [-0.2, -0.15) is 5.26 Å². The van der Waals surface area contributed by atoms with Crippen molar-refractivity contribution in [2.45, 2.75) is 6.42 Å². The lowest BCUT2D eigenvalue weighted by Crippen LogP contribution is -2.27. The minimum atomic E-state index is -0.235. The summed E-state index contributed by atoms with van der Waals surface area (Å²) in [6.07, 6.45) is 2.35. The lowest BCUT2D eigenvalue weighted by molar-refractivity contribution is 0.0947. The summed E-state index contributed by atoms with van der Waals surface area (Å²) in [6.45, 7) is 1.53. The zero-order valence-corrected chi connectivity index (χ0v) is 10.1. The van der Waals surface area contributed by atoms with Crippen molar-refractivity contribution in [2.24, 2.45) is 0 Å². The molecule has 5 nitrogen and oxygen atoms in total. The summed E-state index contributed by atoms with van der Waals surface area (Å²) < 4.78 is 0. The van der Waals surface area contributed by atoms with Crippen molar-refractivity contribution < 1.29 is 4.79 Å². The molecule has 1 aromatic rings. The Balaban J connectivity index is 2.44. The van der Waals surface area contributed by atoms with Crippen molar-refractivity contribution in [1.29, 1.82) is 5.26 Å². The maximum atomic E-state index is 11.7. The molecule has 1 amide bonds. The molecule has 0 aliphatic rings. The van der Waals surface area contributed by atoms with Gasteiger partial charge in [-0.3, -0.25) is 9.78 Å². The smallest absolute Gasteiger partial charge is 0.269 e. The zero-order chi connectivity index (χ0) is 12.7. The topological polar surface area (TPSA) is 69.0 Å². The first-order valence-electron chi connectivity index (χ1n) is 5.42. The van der Waals surface area contributed by atoms with Crippen molar-refractivity contribution >= 4 is 5.91 Å². The van der Waals surface area contributed by atoms with E-state index in [9.17, 15) is 4.79 Å². The number of nitriles is 1. The number of carbonyl (C=O) groups is 1. The van der Waals surface area contributed by atoms with Crippen molar-refractivity contribution in [3.05, 3.63) is 29.6 Å². The molecule has 0 saturated carbocycles. The van der Waals surface area contributed by atoms with Crippen LogP contribution in [0.4, 0.5) is 0 Å². The monoisotopic (exact) mass is 232 g/mol. The number of nitrogens with zero attached hydrogens (tertiary/aromatic N) is 3. The number of carbonyl (C=O) groups excluding carboxylic acids is 1. The maximum Gasteiger partial charge on any atom is 0.269 e. The molecule has 0 bridgehead atoms. The van der Waals surface area contributed by atoms with Gasteiger partial charge in [-0.05, 0) is 39.2 Å². The van der Waals surface area contributed by atoms with Crippen molar-refractivity contribution in [3.8, 4) is 6.07 Å². The Bertz CT molecular complexity index is 423. The molecule has 1 aromatic heterocycles. The van der Waals surface area contributed by atoms with Crippen LogP contribution in [-0.4, -0.2) is 43.0 Å². The second-order valence-electron chi connectivity index (χ2n) is 3.95. The average Bonchev–Trinajstić information content (AvgIpc) is 2.34. The molecule has 0 fully saturated rings. The third-order valence-corrected chi connectivity index (χ3v) is 2.19. The fourth-order valence-corrected chi connectivity index (χ4v) is 1.31. The first-order valence-corrected chi connectivity index (χ1v) is 5.42. The van der Waals surface area contributed by atoms with Crippen LogP contribution in [0.1, 0.15) is 22.5 Å². The number of pyridine rings is 1. The molecule has 90 valence electrons. The van der Waals surface area contributed by atoms with Crippen molar-refractivity contribution in [2.75, 3.05) is 27.2 Å². The van der Waals surface area contributed by atoms with Crippen LogP contribution in [0, 0.1) is 11.3 Å². The number of rotatable bonds is 5. The normalized spacial score (nSPS) is 10.0. The lowest BCUT2D eigenvalue weighted by atomic mass is 10.2. The minimum absolute atomic E-state index is 0.235. The molecule has 0 atom stereocenters. The van der Waals surface area contributed by atoms with E-state index in [2.05, 4.69) is 15.2 Å². The second-order valence-corrected chi connectivity index (χ2v) is 3.95. The molecule has 5 heteroatoms. The molecule has 0 radical (unpaired) electrons. The van der Waals surface area contributed by atoms with E-state index in [0.717, 1.165) is 13.0 Å². The van der Waals surface area contributed by atoms with E-state index in [1.54, 1.807) is 6.07 Å². The van der Waals surface area contributed by atoms with Gasteiger partial charge in [0.1, 0.15) is 5.69 Å². The van der Waals surface area contributed by atoms with Gasteiger partial charge in [0.25, 0.3) is 5.91 Å². The molecule has 0 saturated heterocycles. The van der Waals surface area contributed by atoms with Gasteiger partial charge in [-0.15, -0.1) is 0 Å². The second kappa shape index (κ2) is 6.61. The number of hydrogen-bond donors (Lipinski definition) is 1. The summed E-state index contributed by atoms with van der Waals surface area (Å²) in [5.74, 6) is -0.235. The van der Waals surface area contributed by atoms with Gasteiger partial charge < -0.3 is 10.2 Å². The molecular weight excluding hydrogens is 216 g/mol. The first kappa shape index (κ1) is 13.1. The van der Waals surface area contributed by atoms with Crippen LogP contribution in [0.3, 0.4) is 0 Å². The Morgan fingerprint density at radius 2 is 2.35 bits per heavy atom. The van der Waals surface area contributed by atoms with Crippen LogP contribution < -0.4 is 5.32 Å². The Labute approximate surface area is 101 Å². The van der Waals surface area contributed by atoms with E-state index < -0.39 is 0 Å². The molecule has 1 heterocycles. The highest BCUT2D eigenvalue weighted by Crippen LogP contribution is 1.99. The summed E-state index contributed by atoms with van der Waals surface area (Å²) in [5.41, 5.74) is 0.729. The molecule has 0 aromatic carbocycles. The summed E-state index contributed by atoms with van der Waals surface area (Å²) in [7, 11) is 3.97. The largest absolute Gasteiger partial charge is 0.351 e. The minimum Gasteiger partial charge on any atom is -0.351 e. The van der Waals surface area contributed by atoms with Gasteiger partial charge in [0.05, 0.1) is 11.6 Å². The molecule has 1 rings (SSSR count). The average molecular weight is 232 g/mol. The van der Waals surface area contributed by atoms with Crippen molar-refractivity contribution in [3.63, 3.8) is 0 Å². The quantitative estimate of drug-likeness (QED) is 0.756. The molecule has 0 aliphatic carbocycles. The van der Waals surface area contributed by atoms with Gasteiger partial charge in [0.2, 0.25) is 0 Å². The molecule has 1 N–H and O–H groups in total. The third kappa shape index (κ3) is 4.62. The van der Waals surface area contributed by atoms with Gasteiger partial charge >= 0.3 is 0 Å². The first-order chi connectivity index (χ1) is 8.13. The van der Waals surface area contributed by atoms with Crippen molar-refractivity contribution in [1.82, 2.24) is 15.2 Å². The van der Waals surface area contributed by atoms with E-state index in [1.807, 2.05) is 20.2 Å². The van der Waals surface area contributed by atoms with E-state index in [-0.39, 0.29) is 11.6 Å². The number of aromatic nitrogens is 1. The highest BCUT2D eigenvalue weighted by molar-refractivity contribution is 5.92. The van der Waals surface area contributed by atoms with E-state index in [4.69, 9.17) is 5.26 Å². The predicted octanol–water partition coefficient (Wildman–Crippen LogP) is 0.635. The third-order valence-electron chi connectivity index (χ3n) is 2.19. The van der Waals surface area contributed by atoms with Gasteiger partial charge in [0, 0.05) is 12.7 Å². The summed E-state index contributed by atoms with van der Waals surface area (Å²) in [5, 5.41) is 11.5. The van der Waals surface area contributed by atoms with Crippen LogP contribution in [0.25, 0.3) is 0 Å². The zero-order valence-electron chi connectivity index (χ0n) is 10.1. The predicted molar refractivity (Wildman–Crippen MR) is 64.5 cm³/mol. The number of hydrogen-bond acceptors (Lipinski definition) is 4. The van der Waals surface area contributed by atoms with Crippen LogP contribution in [0.2, 0.25) is 0 Å². The highest BCUT2D eigenvalue weighted by atomic mass is 16.1. The van der Waals surface area contributed by atoms with Crippen LogP contribution in [0.5, 0.6) is 0 Å². The Morgan fingerprint density at radius 3 is 3.00 bits per heavy atom. The standard InChI is InChI=1S/C12H16N4O/c1-16(2)7-3-5-15-12(17)11-8-10(9-13)4-6-14-11/h4,6,8H,3,5,7H2,1-2H3,(H,15,17). The molecule has 0 unspecified atom stereocenters. The molecule has 0 aliphatic heterocycles. The summed E-state index contributed by atoms with van der Waals surface area (Å²) >= 11 is 0. The van der Waals surface area contributed by atoms with Crippen LogP contribution in [-0.2, 0) is 0 Å². The van der Waals surface area contributed by atoms with E-state index in [0.29, 0.717) is 12.1 Å². The SMILES string of the molecule is CN(C)CCCNC(=O)c1cc(C#N)ccn1. The highest BCUT2D eigenvalue weighted by Gasteiger charge is 2.06. The van der Waals surface area contributed by atoms with Gasteiger partial charge in [-0.1, -0.05) is 0 Å². The fraction of sp³-hybridized carbons (Fsp3) is 0.417. The molecule has 0 spiro atoms. The number of nitrogens with one attached hydrogen (secondary N) is 1. The van der Waals surface area contributed by atoms with Crippen LogP contribution in [0.15, 0.2) is 18.3 Å². The maximum absolute atomic E-state index is 11.7. The van der Waals surface area contributed by atoms with E-state index >= 15 is 0 Å². The van der Waals surface area contributed by atoms with Crippen LogP contribution >= 0.6 is 0 Å².